The topological polar surface area (TPSA) is 53.4 Å². The van der Waals surface area contributed by atoms with E-state index >= 15 is 0 Å². The summed E-state index contributed by atoms with van der Waals surface area (Å²) in [6.45, 7) is 0.342. The van der Waals surface area contributed by atoms with Crippen LogP contribution in [0.5, 0.6) is 0 Å². The van der Waals surface area contributed by atoms with E-state index in [0.29, 0.717) is 6.54 Å². The molecule has 1 aliphatic heterocycles. The zero-order chi connectivity index (χ0) is 11.7. The molecule has 0 unspecified atom stereocenters. The average Bonchev–Trinajstić information content (AvgIpc) is 2.86. The molecule has 0 amide bonds. The van der Waals surface area contributed by atoms with Gasteiger partial charge in [0.1, 0.15) is 19.1 Å². The van der Waals surface area contributed by atoms with E-state index in [0.717, 1.165) is 11.0 Å². The fraction of sp³-hybridized carbons (Fsp3) is 0.167. The number of pyridine rings is 2. The molecule has 17 heavy (non-hydrogen) atoms. The molecular weight excluding hydrogens is 220 g/mol. The zero-order valence-electron chi connectivity index (χ0n) is 8.95. The average molecular weight is 230 g/mol. The van der Waals surface area contributed by atoms with Crippen molar-refractivity contribution in [2.45, 2.75) is 12.8 Å². The van der Waals surface area contributed by atoms with Crippen LogP contribution in [0.4, 0.5) is 0 Å². The Morgan fingerprint density at radius 1 is 1.24 bits per heavy atom. The Labute approximate surface area is 96.9 Å². The lowest BCUT2D eigenvalue weighted by atomic mass is 10.3. The second-order valence-electron chi connectivity index (χ2n) is 3.66. The van der Waals surface area contributed by atoms with E-state index in [4.69, 9.17) is 9.47 Å². The third-order valence-corrected chi connectivity index (χ3v) is 2.60. The van der Waals surface area contributed by atoms with E-state index in [9.17, 15) is 4.79 Å². The maximum atomic E-state index is 11.8. The fourth-order valence-electron chi connectivity index (χ4n) is 1.82. The monoisotopic (exact) mass is 230 g/mol. The van der Waals surface area contributed by atoms with Gasteiger partial charge >= 0.3 is 0 Å². The highest BCUT2D eigenvalue weighted by Crippen LogP contribution is 2.12. The Morgan fingerprint density at radius 3 is 2.88 bits per heavy atom. The summed E-state index contributed by atoms with van der Waals surface area (Å²) in [5.74, 6) is 0. The zero-order valence-corrected chi connectivity index (χ0v) is 8.95. The highest BCUT2D eigenvalue weighted by molar-refractivity contribution is 5.73. The molecule has 3 heterocycles. The first-order valence-corrected chi connectivity index (χ1v) is 5.25. The lowest BCUT2D eigenvalue weighted by Gasteiger charge is -2.13. The van der Waals surface area contributed by atoms with Gasteiger partial charge in [0, 0.05) is 12.3 Å². The van der Waals surface area contributed by atoms with Crippen LogP contribution in [0, 0.1) is 0 Å². The van der Waals surface area contributed by atoms with Crippen LogP contribution in [0.2, 0.25) is 0 Å². The van der Waals surface area contributed by atoms with Gasteiger partial charge in [-0.25, -0.2) is 0 Å². The predicted molar refractivity (Wildman–Crippen MR) is 61.1 cm³/mol. The number of nitrogens with zero attached hydrogens (tertiary/aromatic N) is 2. The number of aromatic nitrogens is 2. The Kier molecular flexibility index (Phi) is 2.29. The summed E-state index contributed by atoms with van der Waals surface area (Å²) < 4.78 is 12.0. The fourth-order valence-corrected chi connectivity index (χ4v) is 1.82. The van der Waals surface area contributed by atoms with Gasteiger partial charge in [-0.15, -0.1) is 0 Å². The maximum absolute atomic E-state index is 11.8. The molecule has 0 atom stereocenters. The molecule has 0 aliphatic carbocycles. The van der Waals surface area contributed by atoms with Crippen LogP contribution in [0.25, 0.3) is 11.0 Å². The summed E-state index contributed by atoms with van der Waals surface area (Å²) in [4.78, 5) is 16.0. The highest BCUT2D eigenvalue weighted by Gasteiger charge is 2.15. The molecule has 86 valence electrons. The molecule has 5 heteroatoms. The molecule has 2 aromatic heterocycles. The Balaban J connectivity index is 2.07. The van der Waals surface area contributed by atoms with Crippen molar-refractivity contribution in [2.24, 2.45) is 0 Å². The summed E-state index contributed by atoms with van der Waals surface area (Å²) in [5.41, 5.74) is 1.46. The van der Waals surface area contributed by atoms with E-state index < -0.39 is 6.29 Å². The standard InChI is InChI=1S/C12H10N2O3/c15-11-4-3-9-10(2-1-5-13-9)14(11)8-12-16-6-7-17-12/h1-7,12H,8H2. The van der Waals surface area contributed by atoms with Crippen LogP contribution in [0.3, 0.4) is 0 Å². The van der Waals surface area contributed by atoms with Crippen LogP contribution in [0.1, 0.15) is 0 Å². The lowest BCUT2D eigenvalue weighted by molar-refractivity contribution is -0.0340. The van der Waals surface area contributed by atoms with Crippen LogP contribution in [-0.4, -0.2) is 15.8 Å². The van der Waals surface area contributed by atoms with Gasteiger partial charge in [0.15, 0.2) is 0 Å². The molecule has 0 radical (unpaired) electrons. The molecule has 3 rings (SSSR count). The minimum Gasteiger partial charge on any atom is -0.457 e. The predicted octanol–water partition coefficient (Wildman–Crippen LogP) is 1.24. The highest BCUT2D eigenvalue weighted by atomic mass is 16.7. The van der Waals surface area contributed by atoms with Crippen LogP contribution in [0.15, 0.2) is 47.8 Å². The summed E-state index contributed by atoms with van der Waals surface area (Å²) in [7, 11) is 0. The van der Waals surface area contributed by atoms with Crippen LogP contribution >= 0.6 is 0 Å². The quantitative estimate of drug-likeness (QED) is 0.778. The Morgan fingerprint density at radius 2 is 2.06 bits per heavy atom. The number of rotatable bonds is 2. The smallest absolute Gasteiger partial charge is 0.257 e. The second kappa shape index (κ2) is 3.93. The molecule has 0 aromatic carbocycles. The maximum Gasteiger partial charge on any atom is 0.257 e. The molecule has 5 nitrogen and oxygen atoms in total. The molecule has 0 spiro atoms. The van der Waals surface area contributed by atoms with Crippen molar-refractivity contribution in [1.29, 1.82) is 0 Å². The van der Waals surface area contributed by atoms with Crippen molar-refractivity contribution in [3.05, 3.63) is 53.3 Å². The molecule has 0 N–H and O–H groups in total. The van der Waals surface area contributed by atoms with Crippen molar-refractivity contribution in [3.8, 4) is 0 Å². The van der Waals surface area contributed by atoms with Crippen molar-refractivity contribution in [1.82, 2.24) is 9.55 Å². The van der Waals surface area contributed by atoms with Gasteiger partial charge in [-0.1, -0.05) is 0 Å². The van der Waals surface area contributed by atoms with Crippen molar-refractivity contribution in [2.75, 3.05) is 0 Å². The van der Waals surface area contributed by atoms with E-state index in [1.807, 2.05) is 6.07 Å². The summed E-state index contributed by atoms with van der Waals surface area (Å²) in [6.07, 6.45) is 4.19. The van der Waals surface area contributed by atoms with Gasteiger partial charge in [-0.05, 0) is 18.2 Å². The van der Waals surface area contributed by atoms with E-state index in [2.05, 4.69) is 4.98 Å². The van der Waals surface area contributed by atoms with Gasteiger partial charge in [-0.2, -0.15) is 0 Å². The molecule has 0 bridgehead atoms. The Bertz CT molecular complexity index is 625. The number of hydrogen-bond acceptors (Lipinski definition) is 4. The second-order valence-corrected chi connectivity index (χ2v) is 3.66. The van der Waals surface area contributed by atoms with E-state index in [-0.39, 0.29) is 5.56 Å². The third kappa shape index (κ3) is 1.75. The molecule has 2 aromatic rings. The number of hydrogen-bond donors (Lipinski definition) is 0. The first-order chi connectivity index (χ1) is 8.34. The molecule has 1 aliphatic rings. The largest absolute Gasteiger partial charge is 0.457 e. The van der Waals surface area contributed by atoms with Crippen LogP contribution < -0.4 is 5.56 Å². The minimum atomic E-state index is -0.446. The first kappa shape index (κ1) is 9.89. The van der Waals surface area contributed by atoms with Gasteiger partial charge < -0.3 is 9.47 Å². The van der Waals surface area contributed by atoms with Gasteiger partial charge in [0.2, 0.25) is 0 Å². The SMILES string of the molecule is O=c1ccc2ncccc2n1CC1OC=CO1. The molecule has 0 fully saturated rings. The summed E-state index contributed by atoms with van der Waals surface area (Å²) >= 11 is 0. The van der Waals surface area contributed by atoms with Crippen molar-refractivity contribution in [3.63, 3.8) is 0 Å². The third-order valence-electron chi connectivity index (χ3n) is 2.60. The molecular formula is C12H10N2O3. The Hall–Kier alpha value is -2.30. The summed E-state index contributed by atoms with van der Waals surface area (Å²) in [5, 5.41) is 0. The molecule has 0 saturated heterocycles. The van der Waals surface area contributed by atoms with E-state index in [1.165, 1.54) is 18.6 Å². The van der Waals surface area contributed by atoms with Gasteiger partial charge in [-0.3, -0.25) is 14.3 Å². The number of ether oxygens (including phenoxy) is 2. The van der Waals surface area contributed by atoms with Crippen molar-refractivity contribution < 1.29 is 9.47 Å². The minimum absolute atomic E-state index is 0.0930. The molecule has 0 saturated carbocycles. The van der Waals surface area contributed by atoms with Crippen molar-refractivity contribution >= 4 is 11.0 Å². The first-order valence-electron chi connectivity index (χ1n) is 5.25. The van der Waals surface area contributed by atoms with Gasteiger partial charge in [0.25, 0.3) is 11.8 Å². The lowest BCUT2D eigenvalue weighted by Crippen LogP contribution is -2.26. The summed E-state index contributed by atoms with van der Waals surface area (Å²) in [6, 6.07) is 6.86. The number of fused-ring (bicyclic) bond motifs is 1. The normalized spacial score (nSPS) is 14.8. The van der Waals surface area contributed by atoms with Crippen LogP contribution in [-0.2, 0) is 16.0 Å². The van der Waals surface area contributed by atoms with E-state index in [1.54, 1.807) is 22.9 Å². The van der Waals surface area contributed by atoms with Gasteiger partial charge in [0.05, 0.1) is 11.0 Å².